The van der Waals surface area contributed by atoms with Crippen LogP contribution >= 0.6 is 0 Å². The number of carbonyl (C=O) groups excluding carboxylic acids is 1. The van der Waals surface area contributed by atoms with Gasteiger partial charge >= 0.3 is 0 Å². The fourth-order valence-corrected chi connectivity index (χ4v) is 2.34. The molecular formula is C17H20FN3O2. The number of benzene rings is 1. The number of nitrogens with one attached hydrogen (secondary N) is 2. The van der Waals surface area contributed by atoms with Crippen molar-refractivity contribution in [2.45, 2.75) is 25.4 Å². The standard InChI is InChI=1S/C17H20FN3O2/c18-16-6-2-1-4-13(16)7-8-20-11-14(10-19)17(22)21-12-15-5-3-9-23-15/h1-2,4,6,11,15,20H,3,5,7-9,12H2,(H,21,22)/b14-11-. The van der Waals surface area contributed by atoms with Gasteiger partial charge in [0, 0.05) is 25.9 Å². The highest BCUT2D eigenvalue weighted by molar-refractivity contribution is 5.97. The average molecular weight is 317 g/mol. The maximum absolute atomic E-state index is 13.4. The summed E-state index contributed by atoms with van der Waals surface area (Å²) in [7, 11) is 0. The molecule has 1 fully saturated rings. The van der Waals surface area contributed by atoms with E-state index < -0.39 is 5.91 Å². The van der Waals surface area contributed by atoms with E-state index in [1.165, 1.54) is 12.3 Å². The second-order valence-electron chi connectivity index (χ2n) is 5.31. The summed E-state index contributed by atoms with van der Waals surface area (Å²) in [5.41, 5.74) is 0.589. The molecule has 1 aromatic carbocycles. The Morgan fingerprint density at radius 3 is 3.00 bits per heavy atom. The quantitative estimate of drug-likeness (QED) is 0.456. The van der Waals surface area contributed by atoms with Gasteiger partial charge in [0.15, 0.2) is 0 Å². The molecule has 2 rings (SSSR count). The third-order valence-electron chi connectivity index (χ3n) is 3.62. The lowest BCUT2D eigenvalue weighted by molar-refractivity contribution is -0.117. The summed E-state index contributed by atoms with van der Waals surface area (Å²) >= 11 is 0. The minimum Gasteiger partial charge on any atom is -0.389 e. The Morgan fingerprint density at radius 2 is 2.30 bits per heavy atom. The van der Waals surface area contributed by atoms with E-state index in [-0.39, 0.29) is 17.5 Å². The van der Waals surface area contributed by atoms with Crippen molar-refractivity contribution in [1.82, 2.24) is 10.6 Å². The van der Waals surface area contributed by atoms with Crippen LogP contribution in [0.25, 0.3) is 0 Å². The van der Waals surface area contributed by atoms with Gasteiger partial charge in [0.1, 0.15) is 17.5 Å². The molecule has 0 aliphatic carbocycles. The highest BCUT2D eigenvalue weighted by Crippen LogP contribution is 2.10. The third-order valence-corrected chi connectivity index (χ3v) is 3.62. The Labute approximate surface area is 135 Å². The van der Waals surface area contributed by atoms with Crippen LogP contribution in [0.5, 0.6) is 0 Å². The van der Waals surface area contributed by atoms with Crippen molar-refractivity contribution in [3.63, 3.8) is 0 Å². The highest BCUT2D eigenvalue weighted by atomic mass is 19.1. The molecule has 1 amide bonds. The zero-order valence-corrected chi connectivity index (χ0v) is 12.8. The summed E-state index contributed by atoms with van der Waals surface area (Å²) in [6.07, 6.45) is 3.80. The summed E-state index contributed by atoms with van der Waals surface area (Å²) < 4.78 is 18.9. The van der Waals surface area contributed by atoms with Gasteiger partial charge in [-0.25, -0.2) is 4.39 Å². The first-order chi connectivity index (χ1) is 11.2. The van der Waals surface area contributed by atoms with E-state index in [9.17, 15) is 9.18 Å². The van der Waals surface area contributed by atoms with Crippen molar-refractivity contribution >= 4 is 5.91 Å². The second kappa shape index (κ2) is 8.91. The molecule has 1 aliphatic heterocycles. The molecule has 0 bridgehead atoms. The van der Waals surface area contributed by atoms with Crippen molar-refractivity contribution in [2.24, 2.45) is 0 Å². The van der Waals surface area contributed by atoms with E-state index in [0.29, 0.717) is 25.1 Å². The molecule has 5 nitrogen and oxygen atoms in total. The lowest BCUT2D eigenvalue weighted by Gasteiger charge is -2.10. The van der Waals surface area contributed by atoms with Crippen molar-refractivity contribution in [1.29, 1.82) is 5.26 Å². The van der Waals surface area contributed by atoms with E-state index in [0.717, 1.165) is 19.4 Å². The van der Waals surface area contributed by atoms with E-state index in [1.807, 2.05) is 6.07 Å². The molecule has 2 N–H and O–H groups in total. The smallest absolute Gasteiger partial charge is 0.263 e. The van der Waals surface area contributed by atoms with E-state index >= 15 is 0 Å². The SMILES string of the molecule is N#C/C(=C/NCCc1ccccc1F)C(=O)NCC1CCCO1. The Hall–Kier alpha value is -2.39. The van der Waals surface area contributed by atoms with Gasteiger partial charge in [-0.1, -0.05) is 18.2 Å². The van der Waals surface area contributed by atoms with Crippen LogP contribution in [0.4, 0.5) is 4.39 Å². The molecular weight excluding hydrogens is 297 g/mol. The molecule has 0 aromatic heterocycles. The maximum Gasteiger partial charge on any atom is 0.263 e. The van der Waals surface area contributed by atoms with Gasteiger partial charge in [0.05, 0.1) is 6.10 Å². The Balaban J connectivity index is 1.75. The minimum absolute atomic E-state index is 0.00321. The Bertz CT molecular complexity index is 604. The van der Waals surface area contributed by atoms with Crippen LogP contribution in [0.1, 0.15) is 18.4 Å². The van der Waals surface area contributed by atoms with Crippen molar-refractivity contribution < 1.29 is 13.9 Å². The van der Waals surface area contributed by atoms with E-state index in [2.05, 4.69) is 10.6 Å². The summed E-state index contributed by atoms with van der Waals surface area (Å²) in [4.78, 5) is 11.9. The number of ether oxygens (including phenoxy) is 1. The van der Waals surface area contributed by atoms with Crippen molar-refractivity contribution in [3.8, 4) is 6.07 Å². The van der Waals surface area contributed by atoms with E-state index in [1.54, 1.807) is 18.2 Å². The predicted molar refractivity (Wildman–Crippen MR) is 83.8 cm³/mol. The largest absolute Gasteiger partial charge is 0.389 e. The van der Waals surface area contributed by atoms with Crippen molar-refractivity contribution in [3.05, 3.63) is 47.4 Å². The second-order valence-corrected chi connectivity index (χ2v) is 5.31. The third kappa shape index (κ3) is 5.38. The molecule has 1 heterocycles. The molecule has 122 valence electrons. The molecule has 1 atom stereocenters. The summed E-state index contributed by atoms with van der Waals surface area (Å²) in [6.45, 7) is 1.57. The fourth-order valence-electron chi connectivity index (χ4n) is 2.34. The molecule has 6 heteroatoms. The lowest BCUT2D eigenvalue weighted by atomic mass is 10.1. The number of nitriles is 1. The first-order valence-corrected chi connectivity index (χ1v) is 7.67. The lowest BCUT2D eigenvalue weighted by Crippen LogP contribution is -2.33. The molecule has 1 aromatic rings. The van der Waals surface area contributed by atoms with Crippen molar-refractivity contribution in [2.75, 3.05) is 19.7 Å². The molecule has 1 saturated heterocycles. The number of hydrogen-bond donors (Lipinski definition) is 2. The number of nitrogens with zero attached hydrogens (tertiary/aromatic N) is 1. The molecule has 0 radical (unpaired) electrons. The zero-order valence-electron chi connectivity index (χ0n) is 12.8. The summed E-state index contributed by atoms with van der Waals surface area (Å²) in [5.74, 6) is -0.686. The topological polar surface area (TPSA) is 74.2 Å². The molecule has 0 spiro atoms. The maximum atomic E-state index is 13.4. The first kappa shape index (κ1) is 17.0. The van der Waals surface area contributed by atoms with Crippen LogP contribution in [-0.2, 0) is 16.0 Å². The normalized spacial score (nSPS) is 17.6. The minimum atomic E-state index is -0.429. The molecule has 1 aliphatic rings. The van der Waals surface area contributed by atoms with Crippen LogP contribution in [0.3, 0.4) is 0 Å². The number of amides is 1. The molecule has 23 heavy (non-hydrogen) atoms. The Morgan fingerprint density at radius 1 is 1.48 bits per heavy atom. The number of rotatable bonds is 7. The average Bonchev–Trinajstić information content (AvgIpc) is 3.08. The van der Waals surface area contributed by atoms with Gasteiger partial charge in [0.2, 0.25) is 0 Å². The highest BCUT2D eigenvalue weighted by Gasteiger charge is 2.17. The monoisotopic (exact) mass is 317 g/mol. The van der Waals surface area contributed by atoms with Crippen LogP contribution in [-0.4, -0.2) is 31.7 Å². The number of carbonyl (C=O) groups is 1. The Kier molecular flexibility index (Phi) is 6.57. The summed E-state index contributed by atoms with van der Waals surface area (Å²) in [5, 5.41) is 14.6. The van der Waals surface area contributed by atoms with Gasteiger partial charge in [0.25, 0.3) is 5.91 Å². The fraction of sp³-hybridized carbons (Fsp3) is 0.412. The van der Waals surface area contributed by atoms with Crippen LogP contribution in [0.2, 0.25) is 0 Å². The van der Waals surface area contributed by atoms with Crippen LogP contribution in [0.15, 0.2) is 36.0 Å². The number of halogens is 1. The summed E-state index contributed by atoms with van der Waals surface area (Å²) in [6, 6.07) is 8.38. The van der Waals surface area contributed by atoms with Crippen LogP contribution < -0.4 is 10.6 Å². The van der Waals surface area contributed by atoms with Gasteiger partial charge in [-0.2, -0.15) is 5.26 Å². The zero-order chi connectivity index (χ0) is 16.5. The van der Waals surface area contributed by atoms with Gasteiger partial charge < -0.3 is 15.4 Å². The molecule has 0 saturated carbocycles. The first-order valence-electron chi connectivity index (χ1n) is 7.67. The number of hydrogen-bond acceptors (Lipinski definition) is 4. The van der Waals surface area contributed by atoms with Crippen LogP contribution in [0, 0.1) is 17.1 Å². The predicted octanol–water partition coefficient (Wildman–Crippen LogP) is 1.66. The van der Waals surface area contributed by atoms with Gasteiger partial charge in [-0.3, -0.25) is 4.79 Å². The van der Waals surface area contributed by atoms with E-state index in [4.69, 9.17) is 10.00 Å². The molecule has 1 unspecified atom stereocenters. The van der Waals surface area contributed by atoms with Gasteiger partial charge in [-0.05, 0) is 30.9 Å². The van der Waals surface area contributed by atoms with Gasteiger partial charge in [-0.15, -0.1) is 0 Å².